The van der Waals surface area contributed by atoms with E-state index in [1.54, 1.807) is 0 Å². The minimum atomic E-state index is 0.435. The van der Waals surface area contributed by atoms with Gasteiger partial charge >= 0.3 is 0 Å². The van der Waals surface area contributed by atoms with Gasteiger partial charge in [-0.05, 0) is 27.6 Å². The number of rotatable bonds is 2. The Bertz CT molecular complexity index is 128. The van der Waals surface area contributed by atoms with Crippen LogP contribution in [0.25, 0.3) is 0 Å². The fraction of sp³-hybridized carbons (Fsp3) is 1.00. The number of hydrogen-bond acceptors (Lipinski definition) is 3. The first-order valence-electron chi connectivity index (χ1n) is 4.63. The number of nitrogens with zero attached hydrogens (tertiary/aromatic N) is 2. The highest BCUT2D eigenvalue weighted by atomic mass is 16.5. The molecule has 72 valence electrons. The highest BCUT2D eigenvalue weighted by Gasteiger charge is 2.15. The molecule has 1 rings (SSSR count). The Morgan fingerprint density at radius 1 is 1.42 bits per heavy atom. The van der Waals surface area contributed by atoms with E-state index in [1.807, 2.05) is 0 Å². The maximum Gasteiger partial charge on any atom is 0.0714 e. The molecule has 1 unspecified atom stereocenters. The Morgan fingerprint density at radius 2 is 2.17 bits per heavy atom. The van der Waals surface area contributed by atoms with Gasteiger partial charge in [-0.25, -0.2) is 0 Å². The average molecular weight is 172 g/mol. The molecule has 3 nitrogen and oxygen atoms in total. The van der Waals surface area contributed by atoms with Crippen molar-refractivity contribution in [3.63, 3.8) is 0 Å². The molecule has 0 radical (unpaired) electrons. The van der Waals surface area contributed by atoms with Crippen LogP contribution in [0, 0.1) is 0 Å². The summed E-state index contributed by atoms with van der Waals surface area (Å²) in [5.41, 5.74) is 0. The first-order chi connectivity index (χ1) is 5.68. The second-order valence-corrected chi connectivity index (χ2v) is 3.85. The molecule has 0 aromatic heterocycles. The molecule has 3 heteroatoms. The van der Waals surface area contributed by atoms with Crippen LogP contribution in [-0.2, 0) is 4.74 Å². The van der Waals surface area contributed by atoms with Crippen molar-refractivity contribution < 1.29 is 4.74 Å². The van der Waals surface area contributed by atoms with Crippen molar-refractivity contribution in [1.82, 2.24) is 9.80 Å². The molecular formula is C9H20N2O. The first-order valence-corrected chi connectivity index (χ1v) is 4.63. The Balaban J connectivity index is 2.26. The predicted octanol–water partition coefficient (Wildman–Crippen LogP) is 0.269. The van der Waals surface area contributed by atoms with E-state index in [1.165, 1.54) is 6.54 Å². The lowest BCUT2D eigenvalue weighted by atomic mass is 10.2. The average Bonchev–Trinajstić information content (AvgIpc) is 2.15. The highest BCUT2D eigenvalue weighted by Crippen LogP contribution is 2.05. The molecule has 0 spiro atoms. The summed E-state index contributed by atoms with van der Waals surface area (Å²) in [4.78, 5) is 4.52. The van der Waals surface area contributed by atoms with E-state index in [0.717, 1.165) is 26.1 Å². The van der Waals surface area contributed by atoms with Crippen LogP contribution in [0.15, 0.2) is 0 Å². The summed E-state index contributed by atoms with van der Waals surface area (Å²) >= 11 is 0. The predicted molar refractivity (Wildman–Crippen MR) is 50.4 cm³/mol. The molecule has 1 saturated heterocycles. The van der Waals surface area contributed by atoms with Gasteiger partial charge in [-0.3, -0.25) is 0 Å². The van der Waals surface area contributed by atoms with Crippen LogP contribution in [0.3, 0.4) is 0 Å². The minimum Gasteiger partial charge on any atom is -0.376 e. The van der Waals surface area contributed by atoms with Crippen LogP contribution in [0.1, 0.15) is 6.42 Å². The SMILES string of the molecule is CN(C)CC1CCN(C)CCO1. The Morgan fingerprint density at radius 3 is 2.83 bits per heavy atom. The molecule has 1 aliphatic heterocycles. The zero-order valence-electron chi connectivity index (χ0n) is 8.42. The van der Waals surface area contributed by atoms with Crippen LogP contribution in [0.4, 0.5) is 0 Å². The van der Waals surface area contributed by atoms with Gasteiger partial charge in [-0.15, -0.1) is 0 Å². The summed E-state index contributed by atoms with van der Waals surface area (Å²) in [5, 5.41) is 0. The monoisotopic (exact) mass is 172 g/mol. The molecule has 0 saturated carbocycles. The third-order valence-electron chi connectivity index (χ3n) is 2.23. The molecule has 0 aromatic rings. The third kappa shape index (κ3) is 3.52. The summed E-state index contributed by atoms with van der Waals surface area (Å²) in [6.07, 6.45) is 1.60. The van der Waals surface area contributed by atoms with Gasteiger partial charge in [-0.2, -0.15) is 0 Å². The van der Waals surface area contributed by atoms with Gasteiger partial charge in [0, 0.05) is 19.6 Å². The van der Waals surface area contributed by atoms with Gasteiger partial charge in [0.25, 0.3) is 0 Å². The molecule has 0 amide bonds. The van der Waals surface area contributed by atoms with Gasteiger partial charge in [0.05, 0.1) is 12.7 Å². The van der Waals surface area contributed by atoms with E-state index in [-0.39, 0.29) is 0 Å². The molecular weight excluding hydrogens is 152 g/mol. The normalized spacial score (nSPS) is 27.5. The highest BCUT2D eigenvalue weighted by molar-refractivity contribution is 4.67. The lowest BCUT2D eigenvalue weighted by Gasteiger charge is -2.18. The van der Waals surface area contributed by atoms with Gasteiger partial charge in [0.1, 0.15) is 0 Å². The number of hydrogen-bond donors (Lipinski definition) is 0. The number of likely N-dealkylation sites (N-methyl/N-ethyl adjacent to an activating group) is 2. The lowest BCUT2D eigenvalue weighted by Crippen LogP contribution is -2.28. The molecule has 1 heterocycles. The maximum atomic E-state index is 5.70. The molecule has 0 bridgehead atoms. The van der Waals surface area contributed by atoms with E-state index < -0.39 is 0 Å². The van der Waals surface area contributed by atoms with Gasteiger partial charge in [-0.1, -0.05) is 0 Å². The largest absolute Gasteiger partial charge is 0.376 e. The molecule has 12 heavy (non-hydrogen) atoms. The third-order valence-corrected chi connectivity index (χ3v) is 2.23. The van der Waals surface area contributed by atoms with E-state index in [9.17, 15) is 0 Å². The van der Waals surface area contributed by atoms with Gasteiger partial charge in [0.15, 0.2) is 0 Å². The second kappa shape index (κ2) is 4.80. The molecule has 1 aliphatic rings. The standard InChI is InChI=1S/C9H20N2O/c1-10(2)8-9-4-5-11(3)6-7-12-9/h9H,4-8H2,1-3H3. The summed E-state index contributed by atoms with van der Waals surface area (Å²) in [7, 11) is 6.34. The van der Waals surface area contributed by atoms with Crippen molar-refractivity contribution in [1.29, 1.82) is 0 Å². The zero-order valence-corrected chi connectivity index (χ0v) is 8.42. The second-order valence-electron chi connectivity index (χ2n) is 3.85. The Hall–Kier alpha value is -0.120. The van der Waals surface area contributed by atoms with E-state index in [0.29, 0.717) is 6.10 Å². The minimum absolute atomic E-state index is 0.435. The summed E-state index contributed by atoms with van der Waals surface area (Å²) < 4.78 is 5.70. The van der Waals surface area contributed by atoms with Crippen molar-refractivity contribution in [3.05, 3.63) is 0 Å². The molecule has 1 atom stereocenters. The van der Waals surface area contributed by atoms with Crippen molar-refractivity contribution in [2.45, 2.75) is 12.5 Å². The zero-order chi connectivity index (χ0) is 8.97. The summed E-state index contributed by atoms with van der Waals surface area (Å²) in [6.45, 7) is 4.17. The molecule has 0 N–H and O–H groups in total. The van der Waals surface area contributed by atoms with Crippen molar-refractivity contribution in [2.24, 2.45) is 0 Å². The van der Waals surface area contributed by atoms with Crippen LogP contribution >= 0.6 is 0 Å². The maximum absolute atomic E-state index is 5.70. The van der Waals surface area contributed by atoms with Crippen LogP contribution < -0.4 is 0 Å². The molecule has 0 aliphatic carbocycles. The molecule has 1 fully saturated rings. The van der Waals surface area contributed by atoms with Gasteiger partial charge < -0.3 is 14.5 Å². The number of ether oxygens (including phenoxy) is 1. The van der Waals surface area contributed by atoms with Gasteiger partial charge in [0.2, 0.25) is 0 Å². The van der Waals surface area contributed by atoms with Crippen molar-refractivity contribution in [2.75, 3.05) is 47.4 Å². The molecule has 0 aromatic carbocycles. The van der Waals surface area contributed by atoms with Crippen molar-refractivity contribution in [3.8, 4) is 0 Å². The topological polar surface area (TPSA) is 15.7 Å². The summed E-state index contributed by atoms with van der Waals surface area (Å²) in [5.74, 6) is 0. The van der Waals surface area contributed by atoms with Crippen LogP contribution in [0.5, 0.6) is 0 Å². The first kappa shape index (κ1) is 9.96. The van der Waals surface area contributed by atoms with Crippen molar-refractivity contribution >= 4 is 0 Å². The fourth-order valence-corrected chi connectivity index (χ4v) is 1.49. The smallest absolute Gasteiger partial charge is 0.0714 e. The van der Waals surface area contributed by atoms with E-state index in [4.69, 9.17) is 4.74 Å². The van der Waals surface area contributed by atoms with E-state index >= 15 is 0 Å². The van der Waals surface area contributed by atoms with Crippen LogP contribution in [0.2, 0.25) is 0 Å². The summed E-state index contributed by atoms with van der Waals surface area (Å²) in [6, 6.07) is 0. The van der Waals surface area contributed by atoms with Crippen LogP contribution in [-0.4, -0.2) is 63.3 Å². The Labute approximate surface area is 75.3 Å². The quantitative estimate of drug-likeness (QED) is 0.594. The van der Waals surface area contributed by atoms with E-state index in [2.05, 4.69) is 30.9 Å². The lowest BCUT2D eigenvalue weighted by molar-refractivity contribution is 0.0448. The fourth-order valence-electron chi connectivity index (χ4n) is 1.49. The Kier molecular flexibility index (Phi) is 3.98.